The number of carbonyl (C=O) groups is 3. The third-order valence-electron chi connectivity index (χ3n) is 6.39. The standard InChI is InChI=1S/C24H23N3O3/c1-14(28)20-12-21(26-25-20)24(30)27-11-3-5-17(13-27)23(29)19-10-9-16-8-7-15-4-2-6-18(19)22(15)16/h2,4,6,9-10,12,17H,3,5,7-8,11,13H2,1H3,(H,25,26). The molecule has 2 heterocycles. The van der Waals surface area contributed by atoms with Crippen molar-refractivity contribution in [3.63, 3.8) is 0 Å². The van der Waals surface area contributed by atoms with Crippen LogP contribution in [0.15, 0.2) is 36.4 Å². The molecule has 1 amide bonds. The summed E-state index contributed by atoms with van der Waals surface area (Å²) in [6, 6.07) is 11.8. The lowest BCUT2D eigenvalue weighted by Gasteiger charge is -2.32. The van der Waals surface area contributed by atoms with Crippen LogP contribution in [0.25, 0.3) is 10.8 Å². The summed E-state index contributed by atoms with van der Waals surface area (Å²) in [5, 5.41) is 8.83. The van der Waals surface area contributed by atoms with Crippen molar-refractivity contribution in [3.8, 4) is 0 Å². The lowest BCUT2D eigenvalue weighted by molar-refractivity contribution is 0.0632. The van der Waals surface area contributed by atoms with Gasteiger partial charge in [0.1, 0.15) is 11.4 Å². The van der Waals surface area contributed by atoms with Crippen LogP contribution in [0.3, 0.4) is 0 Å². The molecule has 30 heavy (non-hydrogen) atoms. The van der Waals surface area contributed by atoms with Crippen LogP contribution in [-0.2, 0) is 12.8 Å². The Morgan fingerprint density at radius 3 is 2.67 bits per heavy atom. The Hall–Kier alpha value is -3.28. The first-order valence-electron chi connectivity index (χ1n) is 10.5. The molecule has 0 bridgehead atoms. The number of piperidine rings is 1. The van der Waals surface area contributed by atoms with Gasteiger partial charge in [-0.1, -0.05) is 30.3 Å². The normalized spacial score (nSPS) is 18.0. The Labute approximate surface area is 174 Å². The molecular formula is C24H23N3O3. The molecule has 1 N–H and O–H groups in total. The number of carbonyl (C=O) groups excluding carboxylic acids is 3. The SMILES string of the molecule is CC(=O)c1cc(C(=O)N2CCCC(C(=O)c3ccc4c5c(cccc35)CC4)C2)[nH]n1. The van der Waals surface area contributed by atoms with Gasteiger partial charge in [0, 0.05) is 31.5 Å². The number of hydrogen-bond donors (Lipinski definition) is 1. The minimum atomic E-state index is -0.226. The van der Waals surface area contributed by atoms with Gasteiger partial charge in [-0.15, -0.1) is 0 Å². The smallest absolute Gasteiger partial charge is 0.271 e. The molecule has 1 saturated heterocycles. The van der Waals surface area contributed by atoms with Gasteiger partial charge in [0.2, 0.25) is 0 Å². The molecule has 0 spiro atoms. The third-order valence-corrected chi connectivity index (χ3v) is 6.39. The Balaban J connectivity index is 1.40. The molecule has 152 valence electrons. The molecule has 1 atom stereocenters. The first-order valence-corrected chi connectivity index (χ1v) is 10.5. The van der Waals surface area contributed by atoms with E-state index in [1.165, 1.54) is 29.5 Å². The van der Waals surface area contributed by atoms with Crippen molar-refractivity contribution in [1.29, 1.82) is 0 Å². The van der Waals surface area contributed by atoms with Crippen molar-refractivity contribution in [2.24, 2.45) is 5.92 Å². The number of amides is 1. The topological polar surface area (TPSA) is 83.1 Å². The second-order valence-corrected chi connectivity index (χ2v) is 8.29. The lowest BCUT2D eigenvalue weighted by Crippen LogP contribution is -2.42. The molecule has 5 rings (SSSR count). The fraction of sp³-hybridized carbons (Fsp3) is 0.333. The number of ketones is 2. The number of likely N-dealkylation sites (tertiary alicyclic amines) is 1. The maximum Gasteiger partial charge on any atom is 0.271 e. The van der Waals surface area contributed by atoms with Crippen LogP contribution in [0.1, 0.15) is 62.2 Å². The van der Waals surface area contributed by atoms with Crippen molar-refractivity contribution in [2.75, 3.05) is 13.1 Å². The fourth-order valence-corrected chi connectivity index (χ4v) is 4.84. The second-order valence-electron chi connectivity index (χ2n) is 8.29. The zero-order valence-electron chi connectivity index (χ0n) is 16.9. The third kappa shape index (κ3) is 3.03. The minimum Gasteiger partial charge on any atom is -0.337 e. The molecule has 2 aliphatic rings. The molecule has 1 unspecified atom stereocenters. The van der Waals surface area contributed by atoms with Gasteiger partial charge in [0.05, 0.1) is 0 Å². The van der Waals surface area contributed by atoms with Crippen LogP contribution in [0, 0.1) is 5.92 Å². The summed E-state index contributed by atoms with van der Waals surface area (Å²) in [6.45, 7) is 2.40. The molecule has 0 radical (unpaired) electrons. The van der Waals surface area contributed by atoms with Crippen molar-refractivity contribution >= 4 is 28.2 Å². The summed E-state index contributed by atoms with van der Waals surface area (Å²) in [5.74, 6) is -0.523. The predicted molar refractivity (Wildman–Crippen MR) is 113 cm³/mol. The zero-order valence-corrected chi connectivity index (χ0v) is 16.9. The summed E-state index contributed by atoms with van der Waals surface area (Å²) < 4.78 is 0. The maximum absolute atomic E-state index is 13.5. The van der Waals surface area contributed by atoms with Crippen LogP contribution in [0.2, 0.25) is 0 Å². The molecule has 1 aliphatic carbocycles. The highest BCUT2D eigenvalue weighted by molar-refractivity contribution is 6.11. The predicted octanol–water partition coefficient (Wildman–Crippen LogP) is 3.60. The second kappa shape index (κ2) is 7.20. The summed E-state index contributed by atoms with van der Waals surface area (Å²) in [6.07, 6.45) is 3.61. The summed E-state index contributed by atoms with van der Waals surface area (Å²) >= 11 is 0. The number of aromatic nitrogens is 2. The summed E-state index contributed by atoms with van der Waals surface area (Å²) in [7, 11) is 0. The van der Waals surface area contributed by atoms with Crippen LogP contribution < -0.4 is 0 Å². The summed E-state index contributed by atoms with van der Waals surface area (Å²) in [4.78, 5) is 39.5. The van der Waals surface area contributed by atoms with Crippen molar-refractivity contribution in [3.05, 3.63) is 64.5 Å². The van der Waals surface area contributed by atoms with Gasteiger partial charge in [0.25, 0.3) is 5.91 Å². The number of nitrogens with one attached hydrogen (secondary N) is 1. The first-order chi connectivity index (χ1) is 14.5. The van der Waals surface area contributed by atoms with Crippen LogP contribution >= 0.6 is 0 Å². The first kappa shape index (κ1) is 18.7. The fourth-order valence-electron chi connectivity index (χ4n) is 4.84. The number of aromatic amines is 1. The van der Waals surface area contributed by atoms with E-state index in [9.17, 15) is 14.4 Å². The highest BCUT2D eigenvalue weighted by Crippen LogP contribution is 2.34. The molecule has 1 fully saturated rings. The average molecular weight is 401 g/mol. The van der Waals surface area contributed by atoms with Gasteiger partial charge < -0.3 is 4.90 Å². The van der Waals surface area contributed by atoms with Crippen molar-refractivity contribution in [2.45, 2.75) is 32.6 Å². The van der Waals surface area contributed by atoms with E-state index in [1.807, 2.05) is 18.2 Å². The van der Waals surface area contributed by atoms with Crippen molar-refractivity contribution < 1.29 is 14.4 Å². The van der Waals surface area contributed by atoms with E-state index in [0.717, 1.165) is 36.6 Å². The van der Waals surface area contributed by atoms with Gasteiger partial charge in [0.15, 0.2) is 11.6 Å². The minimum absolute atomic E-state index is 0.108. The highest BCUT2D eigenvalue weighted by Gasteiger charge is 2.31. The van der Waals surface area contributed by atoms with E-state index < -0.39 is 0 Å². The quantitative estimate of drug-likeness (QED) is 0.677. The van der Waals surface area contributed by atoms with E-state index in [4.69, 9.17) is 0 Å². The molecule has 1 aromatic heterocycles. The number of Topliss-reactive ketones (excluding diaryl/α,β-unsaturated/α-hetero) is 2. The maximum atomic E-state index is 13.5. The number of hydrogen-bond acceptors (Lipinski definition) is 4. The Bertz CT molecular complexity index is 1180. The average Bonchev–Trinajstić information content (AvgIpc) is 3.42. The van der Waals surface area contributed by atoms with E-state index >= 15 is 0 Å². The number of aryl methyl sites for hydroxylation is 2. The largest absolute Gasteiger partial charge is 0.337 e. The van der Waals surface area contributed by atoms with Gasteiger partial charge in [-0.05, 0) is 53.6 Å². The molecule has 6 nitrogen and oxygen atoms in total. The van der Waals surface area contributed by atoms with Crippen LogP contribution in [0.5, 0.6) is 0 Å². The molecular weight excluding hydrogens is 378 g/mol. The lowest BCUT2D eigenvalue weighted by atomic mass is 9.87. The molecule has 6 heteroatoms. The van der Waals surface area contributed by atoms with Gasteiger partial charge in [-0.2, -0.15) is 5.10 Å². The highest BCUT2D eigenvalue weighted by atomic mass is 16.2. The molecule has 3 aromatic rings. The van der Waals surface area contributed by atoms with E-state index in [0.29, 0.717) is 18.8 Å². The molecule has 1 aliphatic heterocycles. The summed E-state index contributed by atoms with van der Waals surface area (Å²) in [5.41, 5.74) is 3.93. The Morgan fingerprint density at radius 2 is 1.90 bits per heavy atom. The van der Waals surface area contributed by atoms with Crippen LogP contribution in [-0.4, -0.2) is 45.7 Å². The Kier molecular flexibility index (Phi) is 4.50. The van der Waals surface area contributed by atoms with E-state index in [-0.39, 0.29) is 29.1 Å². The number of benzene rings is 2. The van der Waals surface area contributed by atoms with Crippen molar-refractivity contribution in [1.82, 2.24) is 15.1 Å². The van der Waals surface area contributed by atoms with Gasteiger partial charge in [-0.3, -0.25) is 19.5 Å². The van der Waals surface area contributed by atoms with Gasteiger partial charge >= 0.3 is 0 Å². The number of rotatable bonds is 4. The van der Waals surface area contributed by atoms with Crippen LogP contribution in [0.4, 0.5) is 0 Å². The monoisotopic (exact) mass is 401 g/mol. The molecule has 2 aromatic carbocycles. The van der Waals surface area contributed by atoms with E-state index in [2.05, 4.69) is 22.3 Å². The number of H-pyrrole nitrogens is 1. The Morgan fingerprint density at radius 1 is 1.10 bits per heavy atom. The number of nitrogens with zero attached hydrogens (tertiary/aromatic N) is 2. The van der Waals surface area contributed by atoms with Gasteiger partial charge in [-0.25, -0.2) is 0 Å². The van der Waals surface area contributed by atoms with E-state index in [1.54, 1.807) is 4.90 Å². The molecule has 0 saturated carbocycles. The zero-order chi connectivity index (χ0) is 20.8.